The summed E-state index contributed by atoms with van der Waals surface area (Å²) in [4.78, 5) is 7.16. The van der Waals surface area contributed by atoms with Gasteiger partial charge >= 0.3 is 0 Å². The second-order valence-electron chi connectivity index (χ2n) is 2.83. The maximum absolute atomic E-state index is 4.27. The van der Waals surface area contributed by atoms with Gasteiger partial charge in [0.1, 0.15) is 0 Å². The van der Waals surface area contributed by atoms with Crippen molar-refractivity contribution >= 4 is 22.7 Å². The maximum Gasteiger partial charge on any atom is 0.153 e. The normalized spacial score (nSPS) is 14.0. The van der Waals surface area contributed by atoms with Gasteiger partial charge in [0, 0.05) is 15.3 Å². The Morgan fingerprint density at radius 1 is 1.33 bits per heavy atom. The Morgan fingerprint density at radius 2 is 2.25 bits per heavy atom. The summed E-state index contributed by atoms with van der Waals surface area (Å²) in [6, 6.07) is 2.17. The van der Waals surface area contributed by atoms with Crippen molar-refractivity contribution in [3.8, 4) is 11.3 Å². The maximum atomic E-state index is 4.27. The van der Waals surface area contributed by atoms with E-state index in [1.165, 1.54) is 27.4 Å². The molecule has 1 nitrogen and oxygen atoms in total. The average molecular weight is 192 g/mol. The molecule has 12 heavy (non-hydrogen) atoms. The highest BCUT2D eigenvalue weighted by molar-refractivity contribution is 7.11. The summed E-state index contributed by atoms with van der Waals surface area (Å²) in [7, 11) is 0. The number of fused-ring (bicyclic) bond motifs is 3. The molecule has 2 aromatic heterocycles. The Morgan fingerprint density at radius 3 is 3.25 bits per heavy atom. The fourth-order valence-corrected chi connectivity index (χ4v) is 3.17. The third-order valence-electron chi connectivity index (χ3n) is 2.17. The van der Waals surface area contributed by atoms with Gasteiger partial charge in [0.15, 0.2) is 5.51 Å². The zero-order chi connectivity index (χ0) is 7.97. The molecule has 3 heteroatoms. The van der Waals surface area contributed by atoms with Crippen molar-refractivity contribution in [3.63, 3.8) is 0 Å². The Bertz CT molecular complexity index is 373. The fourth-order valence-electron chi connectivity index (χ4n) is 1.59. The number of nitrogens with zero attached hydrogens (tertiary/aromatic N) is 1. The van der Waals surface area contributed by atoms with Gasteiger partial charge < -0.3 is 0 Å². The van der Waals surface area contributed by atoms with E-state index in [1.54, 1.807) is 11.3 Å². The molecule has 59 valence electrons. The minimum Gasteiger partial charge on any atom is -0.233 e. The van der Waals surface area contributed by atoms with Crippen LogP contribution in [0.2, 0.25) is 0 Å². The van der Waals surface area contributed by atoms with Crippen molar-refractivity contribution in [3.05, 3.63) is 26.7 Å². The molecule has 2 aromatic rings. The third-order valence-corrected chi connectivity index (χ3v) is 3.98. The summed E-state index contributed by atoms with van der Waals surface area (Å²) in [5.74, 6) is 0. The van der Waals surface area contributed by atoms with E-state index in [0.29, 0.717) is 0 Å². The number of aromatic nitrogens is 1. The lowest BCUT2D eigenvalue weighted by molar-refractivity contribution is 0.979. The molecule has 0 bridgehead atoms. The molecule has 0 fully saturated rings. The van der Waals surface area contributed by atoms with E-state index in [4.69, 9.17) is 0 Å². The van der Waals surface area contributed by atoms with Gasteiger partial charge in [-0.05, 0) is 24.3 Å². The second kappa shape index (κ2) is 2.41. The topological polar surface area (TPSA) is 12.9 Å². The van der Waals surface area contributed by atoms with Gasteiger partial charge in [0.25, 0.3) is 0 Å². The molecule has 0 atom stereocenters. The van der Waals surface area contributed by atoms with Crippen LogP contribution in [0.3, 0.4) is 0 Å². The second-order valence-corrected chi connectivity index (χ2v) is 4.71. The molecule has 0 aliphatic heterocycles. The Labute approximate surface area is 78.7 Å². The van der Waals surface area contributed by atoms with Crippen LogP contribution in [0, 0.1) is 5.51 Å². The van der Waals surface area contributed by atoms with Crippen molar-refractivity contribution < 1.29 is 0 Å². The van der Waals surface area contributed by atoms with E-state index in [1.807, 2.05) is 11.3 Å². The Balaban J connectivity index is 2.32. The van der Waals surface area contributed by atoms with E-state index >= 15 is 0 Å². The standard InChI is InChI=1S/C9H6NS2/c1-2-8-9(10-5-12-8)6-3-4-11-7(1)6/h3-4H,1-2H2. The highest BCUT2D eigenvalue weighted by Gasteiger charge is 2.18. The molecule has 0 amide bonds. The van der Waals surface area contributed by atoms with E-state index in [-0.39, 0.29) is 0 Å². The minimum absolute atomic E-state index is 1.16. The first-order valence-electron chi connectivity index (χ1n) is 3.87. The van der Waals surface area contributed by atoms with Crippen LogP contribution >= 0.6 is 22.7 Å². The van der Waals surface area contributed by atoms with E-state index in [2.05, 4.69) is 21.9 Å². The first-order valence-corrected chi connectivity index (χ1v) is 5.57. The van der Waals surface area contributed by atoms with Gasteiger partial charge in [-0.2, -0.15) is 0 Å². The van der Waals surface area contributed by atoms with Gasteiger partial charge in [-0.25, -0.2) is 4.98 Å². The molecule has 1 aliphatic carbocycles. The lowest BCUT2D eigenvalue weighted by Crippen LogP contribution is -1.97. The monoisotopic (exact) mass is 192 g/mol. The number of thiazole rings is 1. The molecule has 0 aromatic carbocycles. The lowest BCUT2D eigenvalue weighted by Gasteiger charge is -2.09. The predicted octanol–water partition coefficient (Wildman–Crippen LogP) is 2.77. The molecule has 1 radical (unpaired) electrons. The van der Waals surface area contributed by atoms with Crippen LogP contribution < -0.4 is 0 Å². The number of rotatable bonds is 0. The van der Waals surface area contributed by atoms with Crippen molar-refractivity contribution in [1.82, 2.24) is 4.98 Å². The Kier molecular flexibility index (Phi) is 1.36. The molecule has 0 saturated heterocycles. The van der Waals surface area contributed by atoms with Gasteiger partial charge in [-0.3, -0.25) is 0 Å². The van der Waals surface area contributed by atoms with Crippen LogP contribution in [-0.4, -0.2) is 4.98 Å². The van der Waals surface area contributed by atoms with Crippen LogP contribution in [0.1, 0.15) is 9.75 Å². The summed E-state index contributed by atoms with van der Waals surface area (Å²) in [6.07, 6.45) is 2.35. The van der Waals surface area contributed by atoms with Crippen molar-refractivity contribution in [2.24, 2.45) is 0 Å². The number of hydrogen-bond donors (Lipinski definition) is 0. The summed E-state index contributed by atoms with van der Waals surface area (Å²) in [5.41, 5.74) is 5.50. The van der Waals surface area contributed by atoms with Crippen LogP contribution in [0.15, 0.2) is 11.4 Å². The number of hydrogen-bond acceptors (Lipinski definition) is 3. The molecule has 0 saturated carbocycles. The van der Waals surface area contributed by atoms with Crippen molar-refractivity contribution in [2.75, 3.05) is 0 Å². The van der Waals surface area contributed by atoms with E-state index in [9.17, 15) is 0 Å². The van der Waals surface area contributed by atoms with E-state index in [0.717, 1.165) is 6.42 Å². The molecule has 1 aliphatic rings. The molecule has 0 unspecified atom stereocenters. The fraction of sp³-hybridized carbons (Fsp3) is 0.222. The number of aryl methyl sites for hydroxylation is 2. The zero-order valence-electron chi connectivity index (χ0n) is 6.33. The van der Waals surface area contributed by atoms with E-state index < -0.39 is 0 Å². The zero-order valence-corrected chi connectivity index (χ0v) is 7.97. The highest BCUT2D eigenvalue weighted by atomic mass is 32.1. The van der Waals surface area contributed by atoms with Gasteiger partial charge in [-0.1, -0.05) is 0 Å². The predicted molar refractivity (Wildman–Crippen MR) is 51.7 cm³/mol. The highest BCUT2D eigenvalue weighted by Crippen LogP contribution is 2.36. The minimum atomic E-state index is 1.16. The summed E-state index contributed by atoms with van der Waals surface area (Å²) >= 11 is 3.50. The molecule has 0 N–H and O–H groups in total. The number of thiophene rings is 1. The van der Waals surface area contributed by atoms with Crippen molar-refractivity contribution in [1.29, 1.82) is 0 Å². The average Bonchev–Trinajstić information content (AvgIpc) is 2.71. The summed E-state index contributed by atoms with van der Waals surface area (Å²) in [6.45, 7) is 0. The van der Waals surface area contributed by atoms with Crippen LogP contribution in [-0.2, 0) is 12.8 Å². The quantitative estimate of drug-likeness (QED) is 0.625. The largest absolute Gasteiger partial charge is 0.233 e. The Hall–Kier alpha value is -0.670. The molecule has 2 heterocycles. The van der Waals surface area contributed by atoms with Gasteiger partial charge in [0.2, 0.25) is 0 Å². The first kappa shape index (κ1) is 6.80. The summed E-state index contributed by atoms with van der Waals surface area (Å²) in [5, 5.41) is 2.15. The SMILES string of the molecule is [c]1nc2c(s1)CCc1sccc1-2. The van der Waals surface area contributed by atoms with Crippen LogP contribution in [0.25, 0.3) is 11.3 Å². The molecule has 3 rings (SSSR count). The van der Waals surface area contributed by atoms with Gasteiger partial charge in [-0.15, -0.1) is 22.7 Å². The van der Waals surface area contributed by atoms with Crippen LogP contribution in [0.5, 0.6) is 0 Å². The van der Waals surface area contributed by atoms with Crippen molar-refractivity contribution in [2.45, 2.75) is 12.8 Å². The molecule has 0 spiro atoms. The molecular formula is C9H6NS2. The first-order chi connectivity index (χ1) is 5.95. The van der Waals surface area contributed by atoms with Crippen LogP contribution in [0.4, 0.5) is 0 Å². The third kappa shape index (κ3) is 0.807. The lowest BCUT2D eigenvalue weighted by atomic mass is 10.0. The van der Waals surface area contributed by atoms with Gasteiger partial charge in [0.05, 0.1) is 5.69 Å². The summed E-state index contributed by atoms with van der Waals surface area (Å²) < 4.78 is 0. The molecular weight excluding hydrogens is 186 g/mol. The smallest absolute Gasteiger partial charge is 0.153 e.